The molecule has 2 atom stereocenters. The molecule has 0 aromatic heterocycles. The fourth-order valence-electron chi connectivity index (χ4n) is 3.92. The van der Waals surface area contributed by atoms with Crippen LogP contribution in [0.3, 0.4) is 0 Å². The fraction of sp³-hybridized carbons (Fsp3) is 0.647. The number of nitrogens with zero attached hydrogens (tertiary/aromatic N) is 1. The number of hydrogen-bond acceptors (Lipinski definition) is 3. The second kappa shape index (κ2) is 5.74. The van der Waals surface area contributed by atoms with E-state index in [-0.39, 0.29) is 6.04 Å². The van der Waals surface area contributed by atoms with Gasteiger partial charge in [0.1, 0.15) is 5.75 Å². The highest BCUT2D eigenvalue weighted by molar-refractivity contribution is 5.42. The molecule has 1 fully saturated rings. The summed E-state index contributed by atoms with van der Waals surface area (Å²) >= 11 is 0. The molecule has 110 valence electrons. The maximum atomic E-state index is 6.49. The summed E-state index contributed by atoms with van der Waals surface area (Å²) in [6.45, 7) is 1.20. The van der Waals surface area contributed by atoms with Gasteiger partial charge in [0.05, 0.1) is 7.11 Å². The minimum absolute atomic E-state index is 0.117. The minimum atomic E-state index is 0.117. The highest BCUT2D eigenvalue weighted by Gasteiger charge is 2.33. The van der Waals surface area contributed by atoms with Crippen molar-refractivity contribution in [2.45, 2.75) is 44.2 Å². The van der Waals surface area contributed by atoms with E-state index in [0.717, 1.165) is 18.1 Å². The van der Waals surface area contributed by atoms with Crippen LogP contribution in [-0.2, 0) is 6.42 Å². The summed E-state index contributed by atoms with van der Waals surface area (Å²) < 4.78 is 5.32. The number of likely N-dealkylation sites (N-methyl/N-ethyl adjacent to an activating group) is 1. The number of ether oxygens (including phenoxy) is 1. The molecule has 0 saturated heterocycles. The van der Waals surface area contributed by atoms with Gasteiger partial charge in [-0.1, -0.05) is 18.9 Å². The van der Waals surface area contributed by atoms with Gasteiger partial charge in [0, 0.05) is 18.6 Å². The molecule has 2 unspecified atom stereocenters. The van der Waals surface area contributed by atoms with E-state index in [1.54, 1.807) is 7.11 Å². The Morgan fingerprint density at radius 1 is 1.30 bits per heavy atom. The van der Waals surface area contributed by atoms with E-state index in [1.807, 2.05) is 6.07 Å². The normalized spacial score (nSPS) is 26.2. The van der Waals surface area contributed by atoms with Crippen molar-refractivity contribution in [1.29, 1.82) is 0 Å². The Hall–Kier alpha value is -1.06. The van der Waals surface area contributed by atoms with Gasteiger partial charge in [-0.3, -0.25) is 0 Å². The summed E-state index contributed by atoms with van der Waals surface area (Å²) in [6.07, 6.45) is 6.68. The van der Waals surface area contributed by atoms with Crippen LogP contribution >= 0.6 is 0 Å². The predicted molar refractivity (Wildman–Crippen MR) is 82.0 cm³/mol. The summed E-state index contributed by atoms with van der Waals surface area (Å²) in [7, 11) is 3.96. The zero-order valence-electron chi connectivity index (χ0n) is 12.6. The Labute approximate surface area is 122 Å². The first-order valence-electron chi connectivity index (χ1n) is 7.81. The van der Waals surface area contributed by atoms with Crippen LogP contribution in [0.1, 0.15) is 42.9 Å². The standard InChI is InChI=1S/C17H26N2O/c1-19(11-12-5-3-4-6-12)16-9-13-7-8-14(20-2)10-15(13)17(16)18/h7-8,10,12,16-17H,3-6,9,11,18H2,1-2H3. The van der Waals surface area contributed by atoms with Crippen molar-refractivity contribution in [1.82, 2.24) is 4.90 Å². The van der Waals surface area contributed by atoms with Gasteiger partial charge < -0.3 is 15.4 Å². The van der Waals surface area contributed by atoms with E-state index in [2.05, 4.69) is 24.1 Å². The maximum absolute atomic E-state index is 6.49. The van der Waals surface area contributed by atoms with Crippen molar-refractivity contribution >= 4 is 0 Å². The van der Waals surface area contributed by atoms with Gasteiger partial charge in [-0.15, -0.1) is 0 Å². The van der Waals surface area contributed by atoms with Crippen LogP contribution in [0.25, 0.3) is 0 Å². The van der Waals surface area contributed by atoms with Crippen molar-refractivity contribution in [3.05, 3.63) is 29.3 Å². The second-order valence-electron chi connectivity index (χ2n) is 6.45. The highest BCUT2D eigenvalue weighted by Crippen LogP contribution is 2.36. The lowest BCUT2D eigenvalue weighted by molar-refractivity contribution is 0.191. The van der Waals surface area contributed by atoms with Crippen molar-refractivity contribution < 1.29 is 4.74 Å². The molecule has 3 nitrogen and oxygen atoms in total. The summed E-state index contributed by atoms with van der Waals surface area (Å²) in [5, 5.41) is 0. The first-order chi connectivity index (χ1) is 9.69. The summed E-state index contributed by atoms with van der Waals surface area (Å²) in [4.78, 5) is 2.49. The molecule has 2 N–H and O–H groups in total. The van der Waals surface area contributed by atoms with E-state index >= 15 is 0 Å². The van der Waals surface area contributed by atoms with E-state index in [9.17, 15) is 0 Å². The highest BCUT2D eigenvalue weighted by atomic mass is 16.5. The summed E-state index contributed by atoms with van der Waals surface area (Å²) in [5.41, 5.74) is 9.15. The Kier molecular flexibility index (Phi) is 3.99. The molecule has 0 bridgehead atoms. The van der Waals surface area contributed by atoms with Crippen molar-refractivity contribution in [2.24, 2.45) is 11.7 Å². The third-order valence-electron chi connectivity index (χ3n) is 5.14. The summed E-state index contributed by atoms with van der Waals surface area (Å²) in [6, 6.07) is 6.90. The topological polar surface area (TPSA) is 38.5 Å². The first-order valence-corrected chi connectivity index (χ1v) is 7.81. The average molecular weight is 274 g/mol. The molecule has 2 aliphatic rings. The third-order valence-corrected chi connectivity index (χ3v) is 5.14. The lowest BCUT2D eigenvalue weighted by Gasteiger charge is -2.30. The van der Waals surface area contributed by atoms with E-state index in [4.69, 9.17) is 10.5 Å². The van der Waals surface area contributed by atoms with Gasteiger partial charge in [0.25, 0.3) is 0 Å². The number of rotatable bonds is 4. The van der Waals surface area contributed by atoms with Crippen LogP contribution in [0.15, 0.2) is 18.2 Å². The lowest BCUT2D eigenvalue weighted by Crippen LogP contribution is -2.40. The third kappa shape index (κ3) is 2.57. The average Bonchev–Trinajstić information content (AvgIpc) is 3.07. The van der Waals surface area contributed by atoms with Gasteiger partial charge in [-0.2, -0.15) is 0 Å². The molecule has 1 aromatic carbocycles. The zero-order valence-corrected chi connectivity index (χ0v) is 12.6. The molecule has 3 heteroatoms. The summed E-state index contributed by atoms with van der Waals surface area (Å²) in [5.74, 6) is 1.80. The van der Waals surface area contributed by atoms with Crippen LogP contribution < -0.4 is 10.5 Å². The monoisotopic (exact) mass is 274 g/mol. The molecule has 3 rings (SSSR count). The maximum Gasteiger partial charge on any atom is 0.119 e. The number of hydrogen-bond donors (Lipinski definition) is 1. The molecule has 0 spiro atoms. The smallest absolute Gasteiger partial charge is 0.119 e. The van der Waals surface area contributed by atoms with E-state index in [1.165, 1.54) is 43.4 Å². The number of benzene rings is 1. The van der Waals surface area contributed by atoms with Crippen LogP contribution in [0, 0.1) is 5.92 Å². The molecule has 20 heavy (non-hydrogen) atoms. The molecule has 0 heterocycles. The van der Waals surface area contributed by atoms with Crippen molar-refractivity contribution in [3.8, 4) is 5.75 Å². The van der Waals surface area contributed by atoms with Gasteiger partial charge in [-0.25, -0.2) is 0 Å². The zero-order chi connectivity index (χ0) is 14.1. The van der Waals surface area contributed by atoms with Crippen LogP contribution in [0.2, 0.25) is 0 Å². The number of methoxy groups -OCH3 is 1. The van der Waals surface area contributed by atoms with Crippen LogP contribution in [0.4, 0.5) is 0 Å². The molecule has 0 amide bonds. The predicted octanol–water partition coefficient (Wildman–Crippen LogP) is 2.74. The quantitative estimate of drug-likeness (QED) is 0.917. The molecule has 1 aromatic rings. The van der Waals surface area contributed by atoms with Gasteiger partial charge in [0.15, 0.2) is 0 Å². The van der Waals surface area contributed by atoms with Gasteiger partial charge in [-0.05, 0) is 55.5 Å². The Bertz CT molecular complexity index is 468. The van der Waals surface area contributed by atoms with E-state index < -0.39 is 0 Å². The van der Waals surface area contributed by atoms with Gasteiger partial charge in [0.2, 0.25) is 0 Å². The van der Waals surface area contributed by atoms with Crippen LogP contribution in [-0.4, -0.2) is 31.6 Å². The number of fused-ring (bicyclic) bond motifs is 1. The van der Waals surface area contributed by atoms with Crippen molar-refractivity contribution in [3.63, 3.8) is 0 Å². The van der Waals surface area contributed by atoms with E-state index in [0.29, 0.717) is 6.04 Å². The lowest BCUT2D eigenvalue weighted by atomic mass is 10.0. The second-order valence-corrected chi connectivity index (χ2v) is 6.45. The number of nitrogens with two attached hydrogens (primary N) is 1. The van der Waals surface area contributed by atoms with Gasteiger partial charge >= 0.3 is 0 Å². The molecule has 0 radical (unpaired) electrons. The SMILES string of the molecule is COc1ccc2c(c1)C(N)C(N(C)CC1CCCC1)C2. The molecular formula is C17H26N2O. The largest absolute Gasteiger partial charge is 0.497 e. The van der Waals surface area contributed by atoms with Crippen LogP contribution in [0.5, 0.6) is 5.75 Å². The molecule has 2 aliphatic carbocycles. The Morgan fingerprint density at radius 3 is 2.75 bits per heavy atom. The molecule has 1 saturated carbocycles. The molecular weight excluding hydrogens is 248 g/mol. The molecule has 0 aliphatic heterocycles. The Balaban J connectivity index is 1.70. The fourth-order valence-corrected chi connectivity index (χ4v) is 3.92. The minimum Gasteiger partial charge on any atom is -0.497 e. The van der Waals surface area contributed by atoms with Crippen molar-refractivity contribution in [2.75, 3.05) is 20.7 Å². The Morgan fingerprint density at radius 2 is 2.05 bits per heavy atom. The first kappa shape index (κ1) is 13.9.